The highest BCUT2D eigenvalue weighted by Gasteiger charge is 2.32. The smallest absolute Gasteiger partial charge is 0.313 e. The number of nitrogen functional groups attached to an aromatic ring is 1. The zero-order valence-electron chi connectivity index (χ0n) is 9.27. The van der Waals surface area contributed by atoms with E-state index in [1.54, 1.807) is 12.3 Å². The maximum absolute atomic E-state index is 11.0. The number of carboxylic acid groups (broad SMARTS) is 1. The van der Waals surface area contributed by atoms with Crippen molar-refractivity contribution in [3.63, 3.8) is 0 Å². The Bertz CT molecular complexity index is 427. The van der Waals surface area contributed by atoms with Crippen LogP contribution in [-0.2, 0) is 4.79 Å². The number of rotatable bonds is 5. The molecule has 0 saturated carbocycles. The van der Waals surface area contributed by atoms with E-state index in [1.807, 2.05) is 0 Å². The number of aromatic nitrogens is 1. The van der Waals surface area contributed by atoms with Crippen molar-refractivity contribution in [2.75, 3.05) is 24.2 Å². The van der Waals surface area contributed by atoms with Gasteiger partial charge in [-0.2, -0.15) is 0 Å². The number of pyridine rings is 1. The number of aliphatic hydroxyl groups is 1. The molecule has 94 valence electrons. The van der Waals surface area contributed by atoms with E-state index in [9.17, 15) is 4.79 Å². The Labute approximate surface area is 107 Å². The van der Waals surface area contributed by atoms with Crippen LogP contribution in [0, 0.1) is 5.41 Å². The highest BCUT2D eigenvalue weighted by molar-refractivity contribution is 9.10. The van der Waals surface area contributed by atoms with E-state index in [4.69, 9.17) is 15.9 Å². The monoisotopic (exact) mass is 303 g/mol. The van der Waals surface area contributed by atoms with Gasteiger partial charge in [0, 0.05) is 17.2 Å². The lowest BCUT2D eigenvalue weighted by atomic mass is 9.92. The summed E-state index contributed by atoms with van der Waals surface area (Å²) in [4.78, 5) is 14.9. The Morgan fingerprint density at radius 1 is 1.71 bits per heavy atom. The highest BCUT2D eigenvalue weighted by atomic mass is 79.9. The second kappa shape index (κ2) is 5.33. The first-order chi connectivity index (χ1) is 7.89. The van der Waals surface area contributed by atoms with Crippen LogP contribution in [0.15, 0.2) is 16.7 Å². The van der Waals surface area contributed by atoms with Crippen LogP contribution in [0.4, 0.5) is 11.5 Å². The molecular weight excluding hydrogens is 290 g/mol. The average molecular weight is 304 g/mol. The van der Waals surface area contributed by atoms with E-state index in [0.29, 0.717) is 5.69 Å². The van der Waals surface area contributed by atoms with Crippen LogP contribution in [0.3, 0.4) is 0 Å². The minimum absolute atomic E-state index is 0.0567. The van der Waals surface area contributed by atoms with Crippen LogP contribution in [0.2, 0.25) is 0 Å². The van der Waals surface area contributed by atoms with E-state index in [1.165, 1.54) is 6.92 Å². The molecule has 0 radical (unpaired) electrons. The van der Waals surface area contributed by atoms with Gasteiger partial charge in [-0.05, 0) is 28.9 Å². The molecule has 0 fully saturated rings. The summed E-state index contributed by atoms with van der Waals surface area (Å²) in [6.45, 7) is 1.04. The van der Waals surface area contributed by atoms with Crippen molar-refractivity contribution in [2.24, 2.45) is 5.41 Å². The molecule has 1 unspecified atom stereocenters. The second-order valence-corrected chi connectivity index (χ2v) is 4.88. The van der Waals surface area contributed by atoms with Crippen LogP contribution < -0.4 is 11.1 Å². The molecule has 0 aliphatic heterocycles. The molecule has 0 saturated heterocycles. The summed E-state index contributed by atoms with van der Waals surface area (Å²) < 4.78 is 0.732. The van der Waals surface area contributed by atoms with Crippen molar-refractivity contribution in [3.8, 4) is 0 Å². The maximum Gasteiger partial charge on any atom is 0.313 e. The number of anilines is 2. The number of halogens is 1. The van der Waals surface area contributed by atoms with E-state index in [2.05, 4.69) is 26.2 Å². The van der Waals surface area contributed by atoms with E-state index < -0.39 is 18.0 Å². The number of nitrogens with two attached hydrogens (primary N) is 1. The number of carbonyl (C=O) groups is 1. The summed E-state index contributed by atoms with van der Waals surface area (Å²) >= 11 is 3.24. The van der Waals surface area contributed by atoms with Crippen molar-refractivity contribution < 1.29 is 15.0 Å². The molecule has 6 nitrogen and oxygen atoms in total. The molecule has 17 heavy (non-hydrogen) atoms. The number of aliphatic carboxylic acids is 1. The summed E-state index contributed by atoms with van der Waals surface area (Å²) in [6.07, 6.45) is 1.54. The van der Waals surface area contributed by atoms with Gasteiger partial charge in [0.05, 0.1) is 12.3 Å². The van der Waals surface area contributed by atoms with Crippen LogP contribution in [0.5, 0.6) is 0 Å². The minimum Gasteiger partial charge on any atom is -0.481 e. The molecule has 0 aliphatic rings. The van der Waals surface area contributed by atoms with Gasteiger partial charge in [0.1, 0.15) is 11.2 Å². The molecule has 1 atom stereocenters. The zero-order chi connectivity index (χ0) is 13.1. The maximum atomic E-state index is 11.0. The number of aliphatic hydroxyl groups excluding tert-OH is 1. The van der Waals surface area contributed by atoms with Gasteiger partial charge in [0.15, 0.2) is 0 Å². The fourth-order valence-electron chi connectivity index (χ4n) is 1.08. The zero-order valence-corrected chi connectivity index (χ0v) is 10.9. The minimum atomic E-state index is -1.26. The fourth-order valence-corrected chi connectivity index (χ4v) is 1.41. The summed E-state index contributed by atoms with van der Waals surface area (Å²) in [6, 6.07) is 1.70. The molecule has 7 heteroatoms. The van der Waals surface area contributed by atoms with E-state index >= 15 is 0 Å². The predicted octanol–water partition coefficient (Wildman–Crippen LogP) is 0.921. The largest absolute Gasteiger partial charge is 0.481 e. The van der Waals surface area contributed by atoms with Gasteiger partial charge in [-0.25, -0.2) is 4.98 Å². The summed E-state index contributed by atoms with van der Waals surface area (Å²) in [5.41, 5.74) is 4.90. The van der Waals surface area contributed by atoms with Crippen LogP contribution in [0.1, 0.15) is 6.92 Å². The van der Waals surface area contributed by atoms with Gasteiger partial charge < -0.3 is 21.3 Å². The van der Waals surface area contributed by atoms with Crippen molar-refractivity contribution in [3.05, 3.63) is 16.7 Å². The van der Waals surface area contributed by atoms with Gasteiger partial charge in [0.25, 0.3) is 0 Å². The molecule has 0 amide bonds. The van der Waals surface area contributed by atoms with Crippen LogP contribution >= 0.6 is 15.9 Å². The van der Waals surface area contributed by atoms with Crippen molar-refractivity contribution in [1.29, 1.82) is 0 Å². The first kappa shape index (κ1) is 13.7. The van der Waals surface area contributed by atoms with Crippen molar-refractivity contribution >= 4 is 33.4 Å². The lowest BCUT2D eigenvalue weighted by Crippen LogP contribution is -2.38. The molecule has 1 rings (SSSR count). The summed E-state index contributed by atoms with van der Waals surface area (Å²) in [7, 11) is 0. The number of carboxylic acids is 1. The highest BCUT2D eigenvalue weighted by Crippen LogP contribution is 2.23. The Hall–Kier alpha value is -1.34. The van der Waals surface area contributed by atoms with Crippen LogP contribution in [-0.4, -0.2) is 34.3 Å². The van der Waals surface area contributed by atoms with Gasteiger partial charge >= 0.3 is 5.97 Å². The topological polar surface area (TPSA) is 108 Å². The summed E-state index contributed by atoms with van der Waals surface area (Å²) in [5.74, 6) is -0.798. The Morgan fingerprint density at radius 3 is 2.88 bits per heavy atom. The fraction of sp³-hybridized carbons (Fsp3) is 0.400. The molecule has 0 aromatic carbocycles. The van der Waals surface area contributed by atoms with Gasteiger partial charge in [0.2, 0.25) is 0 Å². The Morgan fingerprint density at radius 2 is 2.35 bits per heavy atom. The molecule has 0 spiro atoms. The number of hydrogen-bond donors (Lipinski definition) is 4. The molecule has 0 bridgehead atoms. The van der Waals surface area contributed by atoms with Gasteiger partial charge in [-0.1, -0.05) is 0 Å². The van der Waals surface area contributed by atoms with Crippen molar-refractivity contribution in [1.82, 2.24) is 4.98 Å². The molecule has 1 aromatic heterocycles. The molecular formula is C10H14BrN3O3. The number of nitrogens with one attached hydrogen (secondary N) is 1. The third kappa shape index (κ3) is 3.31. The van der Waals surface area contributed by atoms with Gasteiger partial charge in [-0.15, -0.1) is 0 Å². The standard InChI is InChI=1S/C10H14BrN3O3/c1-10(5-15,9(16)17)4-14-7-2-6(11)3-13-8(7)12/h2-3,14-15H,4-5H2,1H3,(H2,12,13)(H,16,17). The molecule has 1 heterocycles. The molecule has 1 aromatic rings. The molecule has 5 N–H and O–H groups in total. The van der Waals surface area contributed by atoms with E-state index in [0.717, 1.165) is 4.47 Å². The second-order valence-electron chi connectivity index (χ2n) is 3.96. The normalized spacial score (nSPS) is 14.1. The lowest BCUT2D eigenvalue weighted by Gasteiger charge is -2.23. The lowest BCUT2D eigenvalue weighted by molar-refractivity contribution is -0.149. The third-order valence-corrected chi connectivity index (χ3v) is 2.85. The number of nitrogens with zero attached hydrogens (tertiary/aromatic N) is 1. The average Bonchev–Trinajstić information content (AvgIpc) is 2.29. The van der Waals surface area contributed by atoms with Crippen molar-refractivity contribution in [2.45, 2.75) is 6.92 Å². The first-order valence-electron chi connectivity index (χ1n) is 4.88. The SMILES string of the molecule is CC(CO)(CNc1cc(Br)cnc1N)C(=O)O. The van der Waals surface area contributed by atoms with E-state index in [-0.39, 0.29) is 12.4 Å². The molecule has 0 aliphatic carbocycles. The van der Waals surface area contributed by atoms with Crippen LogP contribution in [0.25, 0.3) is 0 Å². The quantitative estimate of drug-likeness (QED) is 0.644. The number of hydrogen-bond acceptors (Lipinski definition) is 5. The third-order valence-electron chi connectivity index (χ3n) is 2.42. The van der Waals surface area contributed by atoms with Gasteiger partial charge in [-0.3, -0.25) is 4.79 Å². The summed E-state index contributed by atoms with van der Waals surface area (Å²) in [5, 5.41) is 20.9. The predicted molar refractivity (Wildman–Crippen MR) is 67.7 cm³/mol. The Balaban J connectivity index is 2.79. The first-order valence-corrected chi connectivity index (χ1v) is 5.67. The Kier molecular flexibility index (Phi) is 4.30.